The Hall–Kier alpha value is -2.33. The molecular formula is C18H19ClN2O2. The van der Waals surface area contributed by atoms with Crippen molar-refractivity contribution in [2.45, 2.75) is 26.8 Å². The molecule has 0 aliphatic carbocycles. The van der Waals surface area contributed by atoms with Gasteiger partial charge in [0.05, 0.1) is 0 Å². The fourth-order valence-corrected chi connectivity index (χ4v) is 2.23. The fraction of sp³-hybridized carbons (Fsp3) is 0.222. The number of anilines is 1. The number of aryl methyl sites for hydroxylation is 1. The van der Waals surface area contributed by atoms with Crippen molar-refractivity contribution < 1.29 is 9.59 Å². The number of nitrogens with one attached hydrogen (secondary N) is 2. The summed E-state index contributed by atoms with van der Waals surface area (Å²) in [5, 5.41) is 6.01. The molecule has 5 heteroatoms. The summed E-state index contributed by atoms with van der Waals surface area (Å²) in [7, 11) is 0. The molecule has 0 saturated carbocycles. The number of hydrogen-bond donors (Lipinski definition) is 2. The third kappa shape index (κ3) is 5.11. The van der Waals surface area contributed by atoms with Crippen LogP contribution < -0.4 is 10.6 Å². The summed E-state index contributed by atoms with van der Waals surface area (Å²) in [6, 6.07) is 13.1. The van der Waals surface area contributed by atoms with Gasteiger partial charge in [0, 0.05) is 17.3 Å². The minimum atomic E-state index is -0.364. The number of carbonyl (C=O) groups is 2. The number of hydrogen-bond acceptors (Lipinski definition) is 2. The summed E-state index contributed by atoms with van der Waals surface area (Å²) in [4.78, 5) is 23.8. The van der Waals surface area contributed by atoms with Gasteiger partial charge >= 0.3 is 0 Å². The zero-order valence-corrected chi connectivity index (χ0v) is 13.9. The lowest BCUT2D eigenvalue weighted by Gasteiger charge is -2.10. The van der Waals surface area contributed by atoms with E-state index in [1.807, 2.05) is 38.1 Å². The molecule has 0 aliphatic rings. The SMILES string of the molecule is Cc1ccc(CNC(=O)CC(=O)Nc2cccc(Cl)c2C)cc1. The maximum Gasteiger partial charge on any atom is 0.233 e. The summed E-state index contributed by atoms with van der Waals surface area (Å²) >= 11 is 6.00. The molecule has 0 saturated heterocycles. The monoisotopic (exact) mass is 330 g/mol. The van der Waals surface area contributed by atoms with E-state index in [0.29, 0.717) is 17.3 Å². The van der Waals surface area contributed by atoms with Crippen molar-refractivity contribution in [3.8, 4) is 0 Å². The van der Waals surface area contributed by atoms with Crippen LogP contribution in [0.2, 0.25) is 5.02 Å². The molecule has 0 aliphatic heterocycles. The predicted molar refractivity (Wildman–Crippen MR) is 92.5 cm³/mol. The molecule has 23 heavy (non-hydrogen) atoms. The number of carbonyl (C=O) groups excluding carboxylic acids is 2. The van der Waals surface area contributed by atoms with Crippen molar-refractivity contribution in [3.05, 3.63) is 64.2 Å². The van der Waals surface area contributed by atoms with E-state index in [2.05, 4.69) is 10.6 Å². The molecular weight excluding hydrogens is 312 g/mol. The maximum atomic E-state index is 11.9. The van der Waals surface area contributed by atoms with Gasteiger partial charge in [-0.2, -0.15) is 0 Å². The van der Waals surface area contributed by atoms with Crippen LogP contribution in [-0.2, 0) is 16.1 Å². The zero-order valence-electron chi connectivity index (χ0n) is 13.2. The van der Waals surface area contributed by atoms with Crippen molar-refractivity contribution in [3.63, 3.8) is 0 Å². The maximum absolute atomic E-state index is 11.9. The quantitative estimate of drug-likeness (QED) is 0.823. The van der Waals surface area contributed by atoms with Crippen molar-refractivity contribution in [1.29, 1.82) is 0 Å². The standard InChI is InChI=1S/C18H19ClN2O2/c1-12-6-8-14(9-7-12)11-20-17(22)10-18(23)21-16-5-3-4-15(19)13(16)2/h3-9H,10-11H2,1-2H3,(H,20,22)(H,21,23). The minimum absolute atomic E-state index is 0.224. The molecule has 0 bridgehead atoms. The van der Waals surface area contributed by atoms with Gasteiger partial charge in [-0.3, -0.25) is 9.59 Å². The Kier molecular flexibility index (Phi) is 5.77. The van der Waals surface area contributed by atoms with Crippen LogP contribution in [0, 0.1) is 13.8 Å². The van der Waals surface area contributed by atoms with E-state index >= 15 is 0 Å². The first kappa shape index (κ1) is 17.0. The largest absolute Gasteiger partial charge is 0.352 e. The van der Waals surface area contributed by atoms with Crippen LogP contribution in [0.1, 0.15) is 23.1 Å². The summed E-state index contributed by atoms with van der Waals surface area (Å²) in [6.07, 6.45) is -0.224. The molecule has 0 fully saturated rings. The van der Waals surface area contributed by atoms with Crippen molar-refractivity contribution in [2.75, 3.05) is 5.32 Å². The Morgan fingerprint density at radius 3 is 2.39 bits per heavy atom. The average Bonchev–Trinajstić information content (AvgIpc) is 2.51. The molecule has 2 aromatic carbocycles. The van der Waals surface area contributed by atoms with Crippen molar-refractivity contribution in [1.82, 2.24) is 5.32 Å². The Bertz CT molecular complexity index is 711. The Morgan fingerprint density at radius 1 is 1.00 bits per heavy atom. The average molecular weight is 331 g/mol. The molecule has 4 nitrogen and oxygen atoms in total. The molecule has 0 aromatic heterocycles. The van der Waals surface area contributed by atoms with Crippen LogP contribution in [0.5, 0.6) is 0 Å². The molecule has 2 rings (SSSR count). The van der Waals surface area contributed by atoms with Gasteiger partial charge in [0.15, 0.2) is 0 Å². The van der Waals surface area contributed by atoms with Crippen molar-refractivity contribution >= 4 is 29.1 Å². The van der Waals surface area contributed by atoms with Gasteiger partial charge in [0.25, 0.3) is 0 Å². The summed E-state index contributed by atoms with van der Waals surface area (Å²) in [5.74, 6) is -0.681. The van der Waals surface area contributed by atoms with E-state index in [1.54, 1.807) is 18.2 Å². The van der Waals surface area contributed by atoms with E-state index in [4.69, 9.17) is 11.6 Å². The van der Waals surface area contributed by atoms with E-state index < -0.39 is 0 Å². The minimum Gasteiger partial charge on any atom is -0.352 e. The van der Waals surface area contributed by atoms with Gasteiger partial charge < -0.3 is 10.6 Å². The van der Waals surface area contributed by atoms with Gasteiger partial charge in [-0.25, -0.2) is 0 Å². The highest BCUT2D eigenvalue weighted by Crippen LogP contribution is 2.22. The van der Waals surface area contributed by atoms with Crippen LogP contribution in [0.25, 0.3) is 0 Å². The Morgan fingerprint density at radius 2 is 1.70 bits per heavy atom. The van der Waals surface area contributed by atoms with Crippen LogP contribution >= 0.6 is 11.6 Å². The molecule has 2 amide bonds. The summed E-state index contributed by atoms with van der Waals surface area (Å²) in [5.41, 5.74) is 3.56. The molecule has 0 radical (unpaired) electrons. The molecule has 120 valence electrons. The van der Waals surface area contributed by atoms with E-state index in [1.165, 1.54) is 0 Å². The second-order valence-electron chi connectivity index (χ2n) is 5.40. The zero-order chi connectivity index (χ0) is 16.8. The highest BCUT2D eigenvalue weighted by molar-refractivity contribution is 6.31. The predicted octanol–water partition coefficient (Wildman–Crippen LogP) is 3.60. The number of amides is 2. The third-order valence-corrected chi connectivity index (χ3v) is 3.88. The van der Waals surface area contributed by atoms with Crippen LogP contribution in [0.15, 0.2) is 42.5 Å². The Balaban J connectivity index is 1.84. The molecule has 2 N–H and O–H groups in total. The molecule has 0 atom stereocenters. The Labute approximate surface area is 140 Å². The molecule has 0 heterocycles. The fourth-order valence-electron chi connectivity index (χ4n) is 2.05. The molecule has 0 unspecified atom stereocenters. The first-order valence-electron chi connectivity index (χ1n) is 7.33. The van der Waals surface area contributed by atoms with E-state index in [0.717, 1.165) is 16.7 Å². The molecule has 0 spiro atoms. The lowest BCUT2D eigenvalue weighted by molar-refractivity contribution is -0.126. The second kappa shape index (κ2) is 7.79. The van der Waals surface area contributed by atoms with Gasteiger partial charge in [-0.15, -0.1) is 0 Å². The van der Waals surface area contributed by atoms with Gasteiger partial charge in [-0.05, 0) is 37.1 Å². The van der Waals surface area contributed by atoms with E-state index in [9.17, 15) is 9.59 Å². The van der Waals surface area contributed by atoms with Gasteiger partial charge in [-0.1, -0.05) is 47.5 Å². The van der Waals surface area contributed by atoms with Crippen LogP contribution in [0.3, 0.4) is 0 Å². The lowest BCUT2D eigenvalue weighted by Crippen LogP contribution is -2.27. The number of benzene rings is 2. The first-order valence-corrected chi connectivity index (χ1v) is 7.70. The summed E-state index contributed by atoms with van der Waals surface area (Å²) < 4.78 is 0. The topological polar surface area (TPSA) is 58.2 Å². The van der Waals surface area contributed by atoms with Crippen molar-refractivity contribution in [2.24, 2.45) is 0 Å². The van der Waals surface area contributed by atoms with E-state index in [-0.39, 0.29) is 18.2 Å². The van der Waals surface area contributed by atoms with Gasteiger partial charge in [0.2, 0.25) is 11.8 Å². The smallest absolute Gasteiger partial charge is 0.233 e. The lowest BCUT2D eigenvalue weighted by atomic mass is 10.1. The normalized spacial score (nSPS) is 10.2. The van der Waals surface area contributed by atoms with Crippen LogP contribution in [-0.4, -0.2) is 11.8 Å². The second-order valence-corrected chi connectivity index (χ2v) is 5.81. The highest BCUT2D eigenvalue weighted by atomic mass is 35.5. The highest BCUT2D eigenvalue weighted by Gasteiger charge is 2.11. The first-order chi connectivity index (χ1) is 11.0. The number of rotatable bonds is 5. The summed E-state index contributed by atoms with van der Waals surface area (Å²) in [6.45, 7) is 4.22. The third-order valence-electron chi connectivity index (χ3n) is 3.47. The molecule has 2 aromatic rings. The number of halogens is 1. The van der Waals surface area contributed by atoms with Crippen LogP contribution in [0.4, 0.5) is 5.69 Å². The van der Waals surface area contributed by atoms with Gasteiger partial charge in [0.1, 0.15) is 6.42 Å².